The van der Waals surface area contributed by atoms with Gasteiger partial charge >= 0.3 is 0 Å². The van der Waals surface area contributed by atoms with E-state index in [1.165, 1.54) is 0 Å². The summed E-state index contributed by atoms with van der Waals surface area (Å²) >= 11 is 3.36. The summed E-state index contributed by atoms with van der Waals surface area (Å²) in [5, 5.41) is 8.54. The van der Waals surface area contributed by atoms with Gasteiger partial charge in [0.1, 0.15) is 12.4 Å². The van der Waals surface area contributed by atoms with Gasteiger partial charge in [0.15, 0.2) is 0 Å². The molecular weight excluding hydrogens is 220 g/mol. The van der Waals surface area contributed by atoms with E-state index in [4.69, 9.17) is 9.84 Å². The standard InChI is InChI=1S/C9H11BrO2/c1-7-6-8(10)2-3-9(7)12-5-4-11/h2-3,6,11H,4-5H2,1H3. The lowest BCUT2D eigenvalue weighted by Crippen LogP contribution is -2.02. The van der Waals surface area contributed by atoms with Crippen molar-refractivity contribution in [1.29, 1.82) is 0 Å². The van der Waals surface area contributed by atoms with Gasteiger partial charge in [0.2, 0.25) is 0 Å². The fourth-order valence-electron chi connectivity index (χ4n) is 0.930. The Bertz CT molecular complexity index is 261. The molecule has 0 aromatic heterocycles. The van der Waals surface area contributed by atoms with Crippen LogP contribution < -0.4 is 4.74 Å². The van der Waals surface area contributed by atoms with Crippen LogP contribution in [0, 0.1) is 6.92 Å². The topological polar surface area (TPSA) is 29.5 Å². The van der Waals surface area contributed by atoms with Crippen molar-refractivity contribution in [1.82, 2.24) is 0 Å². The van der Waals surface area contributed by atoms with Gasteiger partial charge in [0, 0.05) is 4.47 Å². The Morgan fingerprint density at radius 1 is 1.50 bits per heavy atom. The van der Waals surface area contributed by atoms with Crippen molar-refractivity contribution >= 4 is 15.9 Å². The molecule has 0 bridgehead atoms. The minimum absolute atomic E-state index is 0.0511. The van der Waals surface area contributed by atoms with Crippen molar-refractivity contribution in [2.24, 2.45) is 0 Å². The Balaban J connectivity index is 2.72. The van der Waals surface area contributed by atoms with E-state index in [1.807, 2.05) is 25.1 Å². The van der Waals surface area contributed by atoms with Crippen LogP contribution in [0.1, 0.15) is 5.56 Å². The Morgan fingerprint density at radius 3 is 2.83 bits per heavy atom. The first kappa shape index (κ1) is 9.55. The average Bonchev–Trinajstić information content (AvgIpc) is 2.03. The minimum Gasteiger partial charge on any atom is -0.491 e. The molecular formula is C9H11BrO2. The highest BCUT2D eigenvalue weighted by Crippen LogP contribution is 2.21. The Kier molecular flexibility index (Phi) is 3.56. The molecule has 3 heteroatoms. The maximum absolute atomic E-state index is 8.54. The van der Waals surface area contributed by atoms with E-state index in [9.17, 15) is 0 Å². The van der Waals surface area contributed by atoms with Gasteiger partial charge in [0.05, 0.1) is 6.61 Å². The van der Waals surface area contributed by atoms with Crippen LogP contribution in [-0.2, 0) is 0 Å². The number of aliphatic hydroxyl groups excluding tert-OH is 1. The van der Waals surface area contributed by atoms with Crippen molar-refractivity contribution in [3.63, 3.8) is 0 Å². The van der Waals surface area contributed by atoms with Crippen LogP contribution in [0.2, 0.25) is 0 Å². The number of aryl methyl sites for hydroxylation is 1. The molecule has 0 heterocycles. The lowest BCUT2D eigenvalue weighted by Gasteiger charge is -2.07. The largest absolute Gasteiger partial charge is 0.491 e. The van der Waals surface area contributed by atoms with E-state index >= 15 is 0 Å². The highest BCUT2D eigenvalue weighted by atomic mass is 79.9. The van der Waals surface area contributed by atoms with Crippen molar-refractivity contribution < 1.29 is 9.84 Å². The molecule has 12 heavy (non-hydrogen) atoms. The number of rotatable bonds is 3. The maximum Gasteiger partial charge on any atom is 0.122 e. The van der Waals surface area contributed by atoms with E-state index in [1.54, 1.807) is 0 Å². The second kappa shape index (κ2) is 4.48. The van der Waals surface area contributed by atoms with Gasteiger partial charge in [-0.3, -0.25) is 0 Å². The van der Waals surface area contributed by atoms with Gasteiger partial charge < -0.3 is 9.84 Å². The zero-order valence-electron chi connectivity index (χ0n) is 6.88. The second-order valence-electron chi connectivity index (χ2n) is 2.48. The van der Waals surface area contributed by atoms with Crippen molar-refractivity contribution in [2.45, 2.75) is 6.92 Å². The molecule has 0 fully saturated rings. The van der Waals surface area contributed by atoms with Crippen molar-refractivity contribution in [3.05, 3.63) is 28.2 Å². The zero-order valence-corrected chi connectivity index (χ0v) is 8.47. The summed E-state index contributed by atoms with van der Waals surface area (Å²) < 4.78 is 6.31. The zero-order chi connectivity index (χ0) is 8.97. The van der Waals surface area contributed by atoms with Gasteiger partial charge in [0.25, 0.3) is 0 Å². The molecule has 0 saturated heterocycles. The molecule has 0 aliphatic rings. The van der Waals surface area contributed by atoms with Crippen LogP contribution in [-0.4, -0.2) is 18.3 Å². The van der Waals surface area contributed by atoms with E-state index in [-0.39, 0.29) is 6.61 Å². The van der Waals surface area contributed by atoms with Gasteiger partial charge in [-0.05, 0) is 30.7 Å². The molecule has 66 valence electrons. The number of hydrogen-bond donors (Lipinski definition) is 1. The summed E-state index contributed by atoms with van der Waals surface area (Å²) in [6.07, 6.45) is 0. The molecule has 1 N–H and O–H groups in total. The summed E-state index contributed by atoms with van der Waals surface area (Å²) in [6.45, 7) is 2.37. The van der Waals surface area contributed by atoms with Gasteiger partial charge in [-0.15, -0.1) is 0 Å². The van der Waals surface area contributed by atoms with Crippen LogP contribution >= 0.6 is 15.9 Å². The summed E-state index contributed by atoms with van der Waals surface area (Å²) in [5.74, 6) is 0.826. The average molecular weight is 231 g/mol. The number of halogens is 1. The summed E-state index contributed by atoms with van der Waals surface area (Å²) in [6, 6.07) is 5.78. The molecule has 0 spiro atoms. The smallest absolute Gasteiger partial charge is 0.122 e. The lowest BCUT2D eigenvalue weighted by atomic mass is 10.2. The number of benzene rings is 1. The third kappa shape index (κ3) is 2.50. The normalized spacial score (nSPS) is 9.92. The predicted octanol–water partition coefficient (Wildman–Crippen LogP) is 2.13. The highest BCUT2D eigenvalue weighted by molar-refractivity contribution is 9.10. The molecule has 1 aromatic carbocycles. The molecule has 0 radical (unpaired) electrons. The van der Waals surface area contributed by atoms with Crippen LogP contribution in [0.15, 0.2) is 22.7 Å². The minimum atomic E-state index is 0.0511. The van der Waals surface area contributed by atoms with Gasteiger partial charge in [-0.1, -0.05) is 15.9 Å². The Labute approximate surface area is 80.3 Å². The molecule has 0 unspecified atom stereocenters. The fourth-order valence-corrected chi connectivity index (χ4v) is 1.41. The number of hydrogen-bond acceptors (Lipinski definition) is 2. The first-order chi connectivity index (χ1) is 5.74. The van der Waals surface area contributed by atoms with E-state index < -0.39 is 0 Å². The van der Waals surface area contributed by atoms with E-state index in [2.05, 4.69) is 15.9 Å². The van der Waals surface area contributed by atoms with Gasteiger partial charge in [-0.2, -0.15) is 0 Å². The molecule has 0 aliphatic carbocycles. The van der Waals surface area contributed by atoms with Crippen LogP contribution in [0.25, 0.3) is 0 Å². The molecule has 0 amide bonds. The van der Waals surface area contributed by atoms with Crippen LogP contribution in [0.3, 0.4) is 0 Å². The highest BCUT2D eigenvalue weighted by Gasteiger charge is 1.98. The fraction of sp³-hybridized carbons (Fsp3) is 0.333. The molecule has 1 rings (SSSR count). The SMILES string of the molecule is Cc1cc(Br)ccc1OCCO. The summed E-state index contributed by atoms with van der Waals surface area (Å²) in [5.41, 5.74) is 1.07. The molecule has 0 atom stereocenters. The predicted molar refractivity (Wildman–Crippen MR) is 51.5 cm³/mol. The second-order valence-corrected chi connectivity index (χ2v) is 3.40. The van der Waals surface area contributed by atoms with Crippen molar-refractivity contribution in [3.8, 4) is 5.75 Å². The first-order valence-corrected chi connectivity index (χ1v) is 4.53. The van der Waals surface area contributed by atoms with Gasteiger partial charge in [-0.25, -0.2) is 0 Å². The summed E-state index contributed by atoms with van der Waals surface area (Å²) in [7, 11) is 0. The van der Waals surface area contributed by atoms with E-state index in [0.717, 1.165) is 15.8 Å². The van der Waals surface area contributed by atoms with E-state index in [0.29, 0.717) is 6.61 Å². The number of aliphatic hydroxyl groups is 1. The summed E-state index contributed by atoms with van der Waals surface area (Å²) in [4.78, 5) is 0. The molecule has 0 aliphatic heterocycles. The maximum atomic E-state index is 8.54. The quantitative estimate of drug-likeness (QED) is 0.863. The monoisotopic (exact) mass is 230 g/mol. The van der Waals surface area contributed by atoms with Crippen LogP contribution in [0.5, 0.6) is 5.75 Å². The third-order valence-electron chi connectivity index (χ3n) is 1.49. The first-order valence-electron chi connectivity index (χ1n) is 3.74. The Hall–Kier alpha value is -0.540. The van der Waals surface area contributed by atoms with Crippen LogP contribution in [0.4, 0.5) is 0 Å². The molecule has 2 nitrogen and oxygen atoms in total. The number of ether oxygens (including phenoxy) is 1. The molecule has 0 saturated carbocycles. The third-order valence-corrected chi connectivity index (χ3v) is 1.98. The van der Waals surface area contributed by atoms with Crippen molar-refractivity contribution in [2.75, 3.05) is 13.2 Å². The lowest BCUT2D eigenvalue weighted by molar-refractivity contribution is 0.200. The Morgan fingerprint density at radius 2 is 2.25 bits per heavy atom. The molecule has 1 aromatic rings.